The van der Waals surface area contributed by atoms with Gasteiger partial charge in [-0.15, -0.1) is 0 Å². The van der Waals surface area contributed by atoms with Crippen LogP contribution in [0.3, 0.4) is 0 Å². The van der Waals surface area contributed by atoms with E-state index in [0.717, 1.165) is 97.4 Å². The summed E-state index contributed by atoms with van der Waals surface area (Å²) in [7, 11) is 4.48. The van der Waals surface area contributed by atoms with E-state index in [1.54, 1.807) is 0 Å². The Morgan fingerprint density at radius 1 is 0.246 bits per heavy atom. The number of hydrogen-bond donors (Lipinski definition) is 1. The molecule has 7 nitrogen and oxygen atoms in total. The molecule has 1 N–H and O–H groups in total. The Morgan fingerprint density at radius 3 is 0.672 bits per heavy atom. The van der Waals surface area contributed by atoms with Gasteiger partial charge in [-0.05, 0) is 83.5 Å². The number of nitrogens with one attached hydrogen (secondary N) is 1. The van der Waals surface area contributed by atoms with Crippen LogP contribution >= 0.6 is 0 Å². The molecule has 0 amide bonds. The second-order valence-electron chi connectivity index (χ2n) is 18.8. The van der Waals surface area contributed by atoms with Crippen LogP contribution in [0.4, 0.5) is 0 Å². The molecule has 0 saturated heterocycles. The summed E-state index contributed by atoms with van der Waals surface area (Å²) in [5.74, 6) is 0. The number of ether oxygens (including phenoxy) is 6. The molecule has 2 atom stereocenters. The molecule has 0 aromatic heterocycles. The van der Waals surface area contributed by atoms with E-state index in [9.17, 15) is 0 Å². The highest BCUT2D eigenvalue weighted by molar-refractivity contribution is 4.56. The highest BCUT2D eigenvalue weighted by Crippen LogP contribution is 2.17. The van der Waals surface area contributed by atoms with Crippen molar-refractivity contribution in [2.24, 2.45) is 0 Å². The molecule has 2 unspecified atom stereocenters. The first-order valence-corrected chi connectivity index (χ1v) is 27.6. The Kier molecular flexibility index (Phi) is 52.1. The van der Waals surface area contributed by atoms with Crippen LogP contribution in [-0.4, -0.2) is 79.2 Å². The molecule has 0 bridgehead atoms. The summed E-state index contributed by atoms with van der Waals surface area (Å²) < 4.78 is 37.7. The van der Waals surface area contributed by atoms with Gasteiger partial charge >= 0.3 is 0 Å². The van der Waals surface area contributed by atoms with Gasteiger partial charge in [-0.1, -0.05) is 188 Å². The number of hydrogen-bond acceptors (Lipinski definition) is 6. The maximum absolute atomic E-state index is 6.35. The van der Waals surface area contributed by atoms with E-state index in [1.165, 1.54) is 198 Å². The molecule has 0 saturated carbocycles. The average Bonchev–Trinajstić information content (AvgIpc) is 3.26. The zero-order valence-corrected chi connectivity index (χ0v) is 42.5. The molecular formula is C54H112NO6+. The van der Waals surface area contributed by atoms with Crippen molar-refractivity contribution in [2.75, 3.05) is 60.3 Å². The van der Waals surface area contributed by atoms with E-state index in [1.807, 2.05) is 0 Å². The molecule has 0 aliphatic rings. The van der Waals surface area contributed by atoms with Gasteiger partial charge in [0.1, 0.15) is 0 Å². The predicted molar refractivity (Wildman–Crippen MR) is 263 cm³/mol. The quantitative estimate of drug-likeness (QED) is 0.0485. The van der Waals surface area contributed by atoms with E-state index in [0.29, 0.717) is 0 Å². The molecule has 0 fully saturated rings. The first kappa shape index (κ1) is 60.7. The summed E-state index contributed by atoms with van der Waals surface area (Å²) in [4.78, 5) is 1.52. The van der Waals surface area contributed by atoms with Gasteiger partial charge in [-0.2, -0.15) is 0 Å². The molecule has 368 valence electrons. The lowest BCUT2D eigenvalue weighted by atomic mass is 10.1. The molecule has 0 radical (unpaired) electrons. The Labute approximate surface area is 383 Å². The van der Waals surface area contributed by atoms with E-state index in [4.69, 9.17) is 28.4 Å². The predicted octanol–water partition coefficient (Wildman–Crippen LogP) is 15.1. The molecule has 61 heavy (non-hydrogen) atoms. The lowest BCUT2D eigenvalue weighted by molar-refractivity contribution is -0.858. The third kappa shape index (κ3) is 49.0. The Morgan fingerprint density at radius 2 is 0.443 bits per heavy atom. The van der Waals surface area contributed by atoms with Crippen LogP contribution in [0.1, 0.15) is 272 Å². The maximum atomic E-state index is 6.35. The van der Waals surface area contributed by atoms with Crippen LogP contribution in [0, 0.1) is 0 Å². The topological polar surface area (TPSA) is 59.8 Å². The van der Waals surface area contributed by atoms with Crippen LogP contribution in [0.5, 0.6) is 0 Å². The Balaban J connectivity index is 4.32. The van der Waals surface area contributed by atoms with Gasteiger partial charge in [0.2, 0.25) is 0 Å². The number of unbranched alkanes of at least 4 members (excludes halogenated alkanes) is 28. The summed E-state index contributed by atoms with van der Waals surface area (Å²) in [5.41, 5.74) is 0. The molecule has 0 rings (SSSR count). The summed E-state index contributed by atoms with van der Waals surface area (Å²) in [6.45, 7) is 15.3. The second-order valence-corrected chi connectivity index (χ2v) is 18.8. The van der Waals surface area contributed by atoms with Gasteiger partial charge in [0.05, 0.1) is 20.6 Å². The van der Waals surface area contributed by atoms with Crippen molar-refractivity contribution in [3.8, 4) is 0 Å². The minimum Gasteiger partial charge on any atom is -0.353 e. The van der Waals surface area contributed by atoms with Gasteiger partial charge in [-0.25, -0.2) is 0 Å². The molecule has 0 aromatic carbocycles. The number of rotatable bonds is 54. The van der Waals surface area contributed by atoms with Gasteiger partial charge in [0.25, 0.3) is 0 Å². The van der Waals surface area contributed by atoms with Crippen molar-refractivity contribution in [3.05, 3.63) is 0 Å². The van der Waals surface area contributed by atoms with Crippen molar-refractivity contribution in [3.63, 3.8) is 0 Å². The highest BCUT2D eigenvalue weighted by atomic mass is 16.7. The lowest BCUT2D eigenvalue weighted by Crippen LogP contribution is -3.05. The van der Waals surface area contributed by atoms with E-state index >= 15 is 0 Å². The third-order valence-corrected chi connectivity index (χ3v) is 12.1. The third-order valence-electron chi connectivity index (χ3n) is 12.1. The van der Waals surface area contributed by atoms with Crippen molar-refractivity contribution in [1.82, 2.24) is 0 Å². The van der Waals surface area contributed by atoms with Crippen LogP contribution in [0.2, 0.25) is 0 Å². The zero-order chi connectivity index (χ0) is 44.4. The summed E-state index contributed by atoms with van der Waals surface area (Å²) in [6, 6.07) is 0. The normalized spacial score (nSPS) is 13.0. The van der Waals surface area contributed by atoms with E-state index in [2.05, 4.69) is 41.8 Å². The minimum absolute atomic E-state index is 0.0143. The largest absolute Gasteiger partial charge is 0.353 e. The first-order valence-electron chi connectivity index (χ1n) is 27.6. The molecule has 0 spiro atoms. The van der Waals surface area contributed by atoms with Crippen molar-refractivity contribution >= 4 is 0 Å². The van der Waals surface area contributed by atoms with Gasteiger partial charge in [-0.3, -0.25) is 0 Å². The Bertz CT molecular complexity index is 771. The molecule has 0 heterocycles. The van der Waals surface area contributed by atoms with Crippen LogP contribution in [0.25, 0.3) is 0 Å². The van der Waals surface area contributed by atoms with Crippen LogP contribution in [0.15, 0.2) is 0 Å². The Hall–Kier alpha value is -0.280. The SMILES string of the molecule is CCCCCCCCOC(CCCCCCCCOC(CCCC[NH+](C)C)OCCCCCCCCC(OCCCCCCC)OCCCCCCC)OCCCCCCC. The zero-order valence-electron chi connectivity index (χ0n) is 42.5. The van der Waals surface area contributed by atoms with Crippen molar-refractivity contribution < 1.29 is 33.3 Å². The van der Waals surface area contributed by atoms with Crippen LogP contribution in [-0.2, 0) is 28.4 Å². The highest BCUT2D eigenvalue weighted by Gasteiger charge is 2.13. The fraction of sp³-hybridized carbons (Fsp3) is 1.00. The number of quaternary nitrogens is 1. The summed E-state index contributed by atoms with van der Waals surface area (Å²) in [5, 5.41) is 0. The summed E-state index contributed by atoms with van der Waals surface area (Å²) in [6.07, 6.45) is 47.2. The van der Waals surface area contributed by atoms with Crippen LogP contribution < -0.4 is 4.90 Å². The monoisotopic (exact) mass is 871 g/mol. The molecule has 0 aromatic rings. The lowest BCUT2D eigenvalue weighted by Gasteiger charge is -2.19. The minimum atomic E-state index is -0.0488. The molecule has 0 aliphatic carbocycles. The standard InChI is InChI=1S/C54H111NO6/c1-7-11-15-19-29-39-49-59-53(58-48-38-28-18-14-10-4)43-33-25-21-23-31-41-51-61-54(44-34-35-45-55(5)6)60-50-40-30-22-20-24-32-42-52(56-46-36-26-16-12-8-2)57-47-37-27-17-13-9-3/h52-54H,7-51H2,1-6H3/p+1. The van der Waals surface area contributed by atoms with Gasteiger partial charge in [0, 0.05) is 39.6 Å². The smallest absolute Gasteiger partial charge is 0.157 e. The molecule has 7 heteroatoms. The van der Waals surface area contributed by atoms with E-state index < -0.39 is 0 Å². The molecular weight excluding hydrogens is 759 g/mol. The molecule has 0 aliphatic heterocycles. The fourth-order valence-electron chi connectivity index (χ4n) is 7.96. The first-order chi connectivity index (χ1) is 30.1. The van der Waals surface area contributed by atoms with Gasteiger partial charge < -0.3 is 33.3 Å². The summed E-state index contributed by atoms with van der Waals surface area (Å²) >= 11 is 0. The second kappa shape index (κ2) is 52.3. The maximum Gasteiger partial charge on any atom is 0.157 e. The van der Waals surface area contributed by atoms with Crippen molar-refractivity contribution in [1.29, 1.82) is 0 Å². The van der Waals surface area contributed by atoms with Gasteiger partial charge in [0.15, 0.2) is 18.9 Å². The van der Waals surface area contributed by atoms with E-state index in [-0.39, 0.29) is 18.9 Å². The average molecular weight is 871 g/mol. The fourth-order valence-corrected chi connectivity index (χ4v) is 7.96. The van der Waals surface area contributed by atoms with Crippen molar-refractivity contribution in [2.45, 2.75) is 291 Å².